The zero-order valence-corrected chi connectivity index (χ0v) is 11.3. The third-order valence-corrected chi connectivity index (χ3v) is 3.83. The molecule has 4 nitrogen and oxygen atoms in total. The van der Waals surface area contributed by atoms with Gasteiger partial charge in [-0.2, -0.15) is 0 Å². The van der Waals surface area contributed by atoms with Gasteiger partial charge in [-0.05, 0) is 38.1 Å². The summed E-state index contributed by atoms with van der Waals surface area (Å²) in [4.78, 5) is 17.7. The summed E-state index contributed by atoms with van der Waals surface area (Å²) in [5, 5.41) is 4.48. The molecule has 2 atom stereocenters. The molecule has 1 aromatic carbocycles. The van der Waals surface area contributed by atoms with E-state index in [1.807, 2.05) is 35.4 Å². The Labute approximate surface area is 112 Å². The smallest absolute Gasteiger partial charge is 0.254 e. The first-order valence-electron chi connectivity index (χ1n) is 6.76. The van der Waals surface area contributed by atoms with Crippen molar-refractivity contribution in [1.82, 2.24) is 15.2 Å². The Morgan fingerprint density at radius 1 is 1.32 bits per heavy atom. The average Bonchev–Trinajstić information content (AvgIpc) is 2.88. The summed E-state index contributed by atoms with van der Waals surface area (Å²) >= 11 is 0. The van der Waals surface area contributed by atoms with Crippen LogP contribution in [0.2, 0.25) is 0 Å². The van der Waals surface area contributed by atoms with Gasteiger partial charge < -0.3 is 15.2 Å². The maximum absolute atomic E-state index is 12.6. The van der Waals surface area contributed by atoms with Crippen LogP contribution in [0.5, 0.6) is 0 Å². The van der Waals surface area contributed by atoms with Gasteiger partial charge in [-0.1, -0.05) is 0 Å². The second-order valence-electron chi connectivity index (χ2n) is 5.40. The van der Waals surface area contributed by atoms with Gasteiger partial charge in [0.1, 0.15) is 0 Å². The van der Waals surface area contributed by atoms with Gasteiger partial charge in [0.25, 0.3) is 5.91 Å². The molecule has 0 aliphatic carbocycles. The summed E-state index contributed by atoms with van der Waals surface area (Å²) in [5.41, 5.74) is 1.84. The van der Waals surface area contributed by atoms with Crippen molar-refractivity contribution in [2.75, 3.05) is 13.1 Å². The topological polar surface area (TPSA) is 48.1 Å². The summed E-state index contributed by atoms with van der Waals surface area (Å²) in [6.45, 7) is 5.83. The summed E-state index contributed by atoms with van der Waals surface area (Å²) in [6, 6.07) is 8.44. The molecule has 1 aliphatic heterocycles. The molecule has 1 fully saturated rings. The lowest BCUT2D eigenvalue weighted by Gasteiger charge is -2.37. The molecule has 2 aromatic rings. The zero-order valence-electron chi connectivity index (χ0n) is 11.3. The Balaban J connectivity index is 1.89. The average molecular weight is 257 g/mol. The van der Waals surface area contributed by atoms with Gasteiger partial charge in [0.2, 0.25) is 0 Å². The van der Waals surface area contributed by atoms with Crippen molar-refractivity contribution >= 4 is 16.8 Å². The van der Waals surface area contributed by atoms with Crippen LogP contribution in [0.1, 0.15) is 24.2 Å². The number of amides is 1. The third kappa shape index (κ3) is 2.24. The summed E-state index contributed by atoms with van der Waals surface area (Å²) in [5.74, 6) is 0.129. The minimum absolute atomic E-state index is 0.129. The van der Waals surface area contributed by atoms with Crippen LogP contribution < -0.4 is 5.32 Å². The van der Waals surface area contributed by atoms with E-state index in [1.54, 1.807) is 0 Å². The van der Waals surface area contributed by atoms with Crippen molar-refractivity contribution < 1.29 is 4.79 Å². The highest BCUT2D eigenvalue weighted by Gasteiger charge is 2.27. The van der Waals surface area contributed by atoms with Gasteiger partial charge in [0.15, 0.2) is 0 Å². The van der Waals surface area contributed by atoms with Crippen LogP contribution in [0.15, 0.2) is 30.5 Å². The van der Waals surface area contributed by atoms with E-state index in [-0.39, 0.29) is 11.9 Å². The number of H-pyrrole nitrogens is 1. The highest BCUT2D eigenvalue weighted by atomic mass is 16.2. The van der Waals surface area contributed by atoms with Crippen molar-refractivity contribution in [3.8, 4) is 0 Å². The molecule has 0 radical (unpaired) electrons. The molecule has 2 heterocycles. The van der Waals surface area contributed by atoms with Gasteiger partial charge in [-0.25, -0.2) is 0 Å². The van der Waals surface area contributed by atoms with Crippen LogP contribution in [0.3, 0.4) is 0 Å². The number of fused-ring (bicyclic) bond motifs is 1. The van der Waals surface area contributed by atoms with E-state index in [0.717, 1.165) is 29.6 Å². The first-order valence-corrected chi connectivity index (χ1v) is 6.76. The van der Waals surface area contributed by atoms with Crippen molar-refractivity contribution in [2.24, 2.45) is 0 Å². The Bertz CT molecular complexity index is 604. The predicted molar refractivity (Wildman–Crippen MR) is 76.3 cm³/mol. The number of rotatable bonds is 1. The third-order valence-electron chi connectivity index (χ3n) is 3.83. The lowest BCUT2D eigenvalue weighted by Crippen LogP contribution is -2.56. The van der Waals surface area contributed by atoms with Crippen LogP contribution in [0, 0.1) is 0 Å². The largest absolute Gasteiger partial charge is 0.361 e. The van der Waals surface area contributed by atoms with Crippen molar-refractivity contribution in [3.05, 3.63) is 36.0 Å². The fraction of sp³-hybridized carbons (Fsp3) is 0.400. The van der Waals surface area contributed by atoms with Crippen molar-refractivity contribution in [1.29, 1.82) is 0 Å². The molecule has 1 aromatic heterocycles. The molecule has 1 aliphatic rings. The Morgan fingerprint density at radius 2 is 2.16 bits per heavy atom. The van der Waals surface area contributed by atoms with E-state index >= 15 is 0 Å². The number of piperazine rings is 1. The number of aromatic amines is 1. The monoisotopic (exact) mass is 257 g/mol. The Hall–Kier alpha value is -1.81. The van der Waals surface area contributed by atoms with Crippen molar-refractivity contribution in [2.45, 2.75) is 25.9 Å². The van der Waals surface area contributed by atoms with E-state index in [4.69, 9.17) is 0 Å². The number of nitrogens with one attached hydrogen (secondary N) is 2. The highest BCUT2D eigenvalue weighted by Crippen LogP contribution is 2.18. The van der Waals surface area contributed by atoms with Crippen LogP contribution in [0.4, 0.5) is 0 Å². The van der Waals surface area contributed by atoms with E-state index in [9.17, 15) is 4.79 Å². The molecule has 4 heteroatoms. The number of benzene rings is 1. The molecule has 2 N–H and O–H groups in total. The van der Waals surface area contributed by atoms with E-state index in [0.29, 0.717) is 6.04 Å². The lowest BCUT2D eigenvalue weighted by atomic mass is 10.1. The van der Waals surface area contributed by atoms with E-state index in [1.165, 1.54) is 0 Å². The maximum atomic E-state index is 12.6. The fourth-order valence-corrected chi connectivity index (χ4v) is 2.66. The van der Waals surface area contributed by atoms with Gasteiger partial charge in [-0.15, -0.1) is 0 Å². The quantitative estimate of drug-likeness (QED) is 0.821. The van der Waals surface area contributed by atoms with Crippen LogP contribution in [-0.2, 0) is 0 Å². The van der Waals surface area contributed by atoms with Gasteiger partial charge in [-0.3, -0.25) is 4.79 Å². The molecule has 1 amide bonds. The molecule has 0 spiro atoms. The molecular weight excluding hydrogens is 238 g/mol. The van der Waals surface area contributed by atoms with Crippen LogP contribution >= 0.6 is 0 Å². The number of aromatic nitrogens is 1. The molecule has 2 unspecified atom stereocenters. The number of hydrogen-bond donors (Lipinski definition) is 2. The van der Waals surface area contributed by atoms with Crippen LogP contribution in [-0.4, -0.2) is 41.0 Å². The normalized spacial score (nSPS) is 23.8. The summed E-state index contributed by atoms with van der Waals surface area (Å²) in [6.07, 6.45) is 1.90. The maximum Gasteiger partial charge on any atom is 0.254 e. The number of carbonyl (C=O) groups is 1. The van der Waals surface area contributed by atoms with Gasteiger partial charge in [0, 0.05) is 47.8 Å². The van der Waals surface area contributed by atoms with Crippen LogP contribution in [0.25, 0.3) is 10.9 Å². The molecule has 100 valence electrons. The summed E-state index contributed by atoms with van der Waals surface area (Å²) in [7, 11) is 0. The molecule has 0 saturated carbocycles. The van der Waals surface area contributed by atoms with E-state index in [2.05, 4.69) is 24.1 Å². The highest BCUT2D eigenvalue weighted by molar-refractivity contribution is 5.98. The molecule has 19 heavy (non-hydrogen) atoms. The van der Waals surface area contributed by atoms with Gasteiger partial charge in [0.05, 0.1) is 0 Å². The van der Waals surface area contributed by atoms with E-state index < -0.39 is 0 Å². The Morgan fingerprint density at radius 3 is 3.00 bits per heavy atom. The van der Waals surface area contributed by atoms with Crippen molar-refractivity contribution in [3.63, 3.8) is 0 Å². The number of hydrogen-bond acceptors (Lipinski definition) is 2. The molecule has 0 bridgehead atoms. The minimum Gasteiger partial charge on any atom is -0.361 e. The lowest BCUT2D eigenvalue weighted by molar-refractivity contribution is 0.0616. The first kappa shape index (κ1) is 12.2. The number of carbonyl (C=O) groups excluding carboxylic acids is 1. The molecular formula is C15H19N3O. The van der Waals surface area contributed by atoms with Gasteiger partial charge >= 0.3 is 0 Å². The first-order chi connectivity index (χ1) is 9.15. The summed E-state index contributed by atoms with van der Waals surface area (Å²) < 4.78 is 0. The minimum atomic E-state index is 0.129. The standard InChI is InChI=1S/C15H19N3O/c1-10-9-18(11(2)8-17-10)15(19)13-3-4-14-12(7-13)5-6-16-14/h3-7,10-11,16-17H,8-9H2,1-2H3. The second kappa shape index (κ2) is 4.70. The fourth-order valence-electron chi connectivity index (χ4n) is 2.66. The SMILES string of the molecule is CC1CN(C(=O)c2ccc3[nH]ccc3c2)C(C)CN1. The second-order valence-corrected chi connectivity index (χ2v) is 5.40. The predicted octanol–water partition coefficient (Wildman–Crippen LogP) is 1.99. The Kier molecular flexibility index (Phi) is 3.03. The number of nitrogens with zero attached hydrogens (tertiary/aromatic N) is 1. The molecule has 3 rings (SSSR count). The zero-order chi connectivity index (χ0) is 13.4. The molecule has 1 saturated heterocycles.